The molecule has 0 saturated carbocycles. The molecule has 0 fully saturated rings. The van der Waals surface area contributed by atoms with Crippen molar-refractivity contribution in [1.29, 1.82) is 0 Å². The predicted molar refractivity (Wildman–Crippen MR) is 66.0 cm³/mol. The summed E-state index contributed by atoms with van der Waals surface area (Å²) in [5.74, 6) is 0.0257. The van der Waals surface area contributed by atoms with Crippen LogP contribution in [0.4, 0.5) is 0 Å². The molecule has 1 atom stereocenters. The first-order chi connectivity index (χ1) is 7.61. The minimum Gasteiger partial charge on any atom is -0.346 e. The van der Waals surface area contributed by atoms with Gasteiger partial charge in [0.1, 0.15) is 0 Å². The fraction of sp³-hybridized carbons (Fsp3) is 0.357. The van der Waals surface area contributed by atoms with Gasteiger partial charge in [-0.3, -0.25) is 4.79 Å². The molecule has 84 valence electrons. The van der Waals surface area contributed by atoms with Gasteiger partial charge in [0.2, 0.25) is 5.91 Å². The number of carbonyl (C=O) groups excluding carboxylic acids is 1. The van der Waals surface area contributed by atoms with Crippen molar-refractivity contribution < 1.29 is 4.79 Å². The van der Waals surface area contributed by atoms with Crippen LogP contribution in [0.3, 0.4) is 0 Å². The van der Waals surface area contributed by atoms with Crippen LogP contribution in [-0.2, 0) is 4.79 Å². The van der Waals surface area contributed by atoms with E-state index in [9.17, 15) is 4.79 Å². The zero-order valence-electron chi connectivity index (χ0n) is 10.0. The third kappa shape index (κ3) is 1.87. The fourth-order valence-corrected chi connectivity index (χ4v) is 2.24. The topological polar surface area (TPSA) is 29.1 Å². The molecule has 1 N–H and O–H groups in total. The average Bonchev–Trinajstić information content (AvgIpc) is 2.55. The molecule has 0 aromatic heterocycles. The number of benzene rings is 1. The minimum atomic E-state index is 0.0257. The van der Waals surface area contributed by atoms with Crippen molar-refractivity contribution in [2.45, 2.75) is 33.2 Å². The molecular formula is C14H17NO. The lowest BCUT2D eigenvalue weighted by atomic mass is 10.0. The Bertz CT molecular complexity index is 460. The van der Waals surface area contributed by atoms with Gasteiger partial charge in [0.25, 0.3) is 0 Å². The van der Waals surface area contributed by atoms with Crippen LogP contribution in [0.15, 0.2) is 23.8 Å². The summed E-state index contributed by atoms with van der Waals surface area (Å²) < 4.78 is 0. The third-order valence-electron chi connectivity index (χ3n) is 3.02. The number of hydrogen-bond donors (Lipinski definition) is 1. The van der Waals surface area contributed by atoms with Crippen LogP contribution in [0, 0.1) is 6.92 Å². The summed E-state index contributed by atoms with van der Waals surface area (Å²) in [6.07, 6.45) is 3.17. The van der Waals surface area contributed by atoms with Crippen molar-refractivity contribution in [3.8, 4) is 0 Å². The smallest absolute Gasteiger partial charge is 0.217 e. The molecule has 1 aliphatic carbocycles. The summed E-state index contributed by atoms with van der Waals surface area (Å²) in [7, 11) is 0. The number of fused-ring (bicyclic) bond motifs is 1. The number of aryl methyl sites for hydroxylation is 1. The van der Waals surface area contributed by atoms with Gasteiger partial charge in [-0.05, 0) is 30.0 Å². The molecular weight excluding hydrogens is 198 g/mol. The first kappa shape index (κ1) is 10.9. The molecule has 1 aliphatic rings. The van der Waals surface area contributed by atoms with E-state index in [0.717, 1.165) is 6.42 Å². The molecule has 1 unspecified atom stereocenters. The van der Waals surface area contributed by atoms with E-state index in [1.165, 1.54) is 22.3 Å². The second-order valence-electron chi connectivity index (χ2n) is 4.34. The van der Waals surface area contributed by atoms with Crippen LogP contribution in [0.5, 0.6) is 0 Å². The van der Waals surface area contributed by atoms with E-state index in [1.54, 1.807) is 6.92 Å². The largest absolute Gasteiger partial charge is 0.346 e. The summed E-state index contributed by atoms with van der Waals surface area (Å²) in [5, 5.41) is 3.01. The normalized spacial score (nSPS) is 17.9. The first-order valence-electron chi connectivity index (χ1n) is 5.70. The van der Waals surface area contributed by atoms with Crippen LogP contribution in [0.1, 0.15) is 43.0 Å². The maximum atomic E-state index is 11.2. The van der Waals surface area contributed by atoms with Crippen LogP contribution in [0.25, 0.3) is 6.08 Å². The Hall–Kier alpha value is -1.57. The zero-order chi connectivity index (χ0) is 11.7. The average molecular weight is 215 g/mol. The van der Waals surface area contributed by atoms with Gasteiger partial charge in [-0.1, -0.05) is 36.8 Å². The molecule has 1 aromatic carbocycles. The molecule has 0 saturated heterocycles. The summed E-state index contributed by atoms with van der Waals surface area (Å²) in [6, 6.07) is 6.47. The SMILES string of the molecule is CCC1=Cc2cc(C)ccc2C1NC(C)=O. The Balaban J connectivity index is 2.40. The van der Waals surface area contributed by atoms with Crippen molar-refractivity contribution in [1.82, 2.24) is 5.32 Å². The Morgan fingerprint density at radius 2 is 2.19 bits per heavy atom. The van der Waals surface area contributed by atoms with Crippen LogP contribution >= 0.6 is 0 Å². The molecule has 0 aliphatic heterocycles. The first-order valence-corrected chi connectivity index (χ1v) is 5.70. The molecule has 2 heteroatoms. The quantitative estimate of drug-likeness (QED) is 0.807. The number of rotatable bonds is 2. The molecule has 0 spiro atoms. The number of carbonyl (C=O) groups is 1. The molecule has 2 rings (SSSR count). The summed E-state index contributed by atoms with van der Waals surface area (Å²) in [5.41, 5.74) is 5.01. The summed E-state index contributed by atoms with van der Waals surface area (Å²) >= 11 is 0. The van der Waals surface area contributed by atoms with Gasteiger partial charge in [0, 0.05) is 6.92 Å². The van der Waals surface area contributed by atoms with Crippen LogP contribution in [0.2, 0.25) is 0 Å². The third-order valence-corrected chi connectivity index (χ3v) is 3.02. The lowest BCUT2D eigenvalue weighted by molar-refractivity contribution is -0.119. The van der Waals surface area contributed by atoms with Gasteiger partial charge >= 0.3 is 0 Å². The molecule has 0 radical (unpaired) electrons. The molecule has 1 amide bonds. The molecule has 0 heterocycles. The van der Waals surface area contributed by atoms with E-state index >= 15 is 0 Å². The van der Waals surface area contributed by atoms with Gasteiger partial charge in [-0.25, -0.2) is 0 Å². The lowest BCUT2D eigenvalue weighted by Gasteiger charge is -2.16. The molecule has 16 heavy (non-hydrogen) atoms. The van der Waals surface area contributed by atoms with E-state index < -0.39 is 0 Å². The Morgan fingerprint density at radius 3 is 2.81 bits per heavy atom. The Morgan fingerprint density at radius 1 is 1.44 bits per heavy atom. The number of nitrogens with one attached hydrogen (secondary N) is 1. The molecule has 2 nitrogen and oxygen atoms in total. The van der Waals surface area contributed by atoms with Gasteiger partial charge in [0.15, 0.2) is 0 Å². The van der Waals surface area contributed by atoms with Gasteiger partial charge in [-0.2, -0.15) is 0 Å². The number of hydrogen-bond acceptors (Lipinski definition) is 1. The van der Waals surface area contributed by atoms with E-state index in [0.29, 0.717) is 0 Å². The maximum absolute atomic E-state index is 11.2. The lowest BCUT2D eigenvalue weighted by Crippen LogP contribution is -2.26. The van der Waals surface area contributed by atoms with Crippen molar-refractivity contribution in [3.63, 3.8) is 0 Å². The van der Waals surface area contributed by atoms with E-state index in [2.05, 4.69) is 43.4 Å². The number of amides is 1. The van der Waals surface area contributed by atoms with E-state index in [4.69, 9.17) is 0 Å². The predicted octanol–water partition coefficient (Wildman–Crippen LogP) is 2.98. The monoisotopic (exact) mass is 215 g/mol. The second kappa shape index (κ2) is 4.12. The summed E-state index contributed by atoms with van der Waals surface area (Å²) in [6.45, 7) is 5.78. The standard InChI is InChI=1S/C14H17NO/c1-4-11-8-12-7-9(2)5-6-13(12)14(11)15-10(3)16/h5-8,14H,4H2,1-3H3,(H,15,16). The van der Waals surface area contributed by atoms with Crippen molar-refractivity contribution in [2.75, 3.05) is 0 Å². The van der Waals surface area contributed by atoms with Gasteiger partial charge in [0.05, 0.1) is 6.04 Å². The Kier molecular flexibility index (Phi) is 2.82. The minimum absolute atomic E-state index is 0.0257. The fourth-order valence-electron chi connectivity index (χ4n) is 2.24. The summed E-state index contributed by atoms with van der Waals surface area (Å²) in [4.78, 5) is 11.2. The maximum Gasteiger partial charge on any atom is 0.217 e. The highest BCUT2D eigenvalue weighted by molar-refractivity contribution is 5.77. The second-order valence-corrected chi connectivity index (χ2v) is 4.34. The van der Waals surface area contributed by atoms with Gasteiger partial charge < -0.3 is 5.32 Å². The van der Waals surface area contributed by atoms with Crippen molar-refractivity contribution in [2.24, 2.45) is 0 Å². The zero-order valence-corrected chi connectivity index (χ0v) is 10.0. The van der Waals surface area contributed by atoms with Crippen molar-refractivity contribution >= 4 is 12.0 Å². The van der Waals surface area contributed by atoms with E-state index in [-0.39, 0.29) is 11.9 Å². The highest BCUT2D eigenvalue weighted by Gasteiger charge is 2.24. The highest BCUT2D eigenvalue weighted by Crippen LogP contribution is 2.36. The molecule has 0 bridgehead atoms. The highest BCUT2D eigenvalue weighted by atomic mass is 16.1. The van der Waals surface area contributed by atoms with Crippen molar-refractivity contribution in [3.05, 3.63) is 40.5 Å². The van der Waals surface area contributed by atoms with Crippen LogP contribution < -0.4 is 5.32 Å². The van der Waals surface area contributed by atoms with Crippen LogP contribution in [-0.4, -0.2) is 5.91 Å². The Labute approximate surface area is 96.4 Å². The van der Waals surface area contributed by atoms with E-state index in [1.807, 2.05) is 0 Å². The molecule has 1 aromatic rings. The van der Waals surface area contributed by atoms with Gasteiger partial charge in [-0.15, -0.1) is 0 Å².